The lowest BCUT2D eigenvalue weighted by Gasteiger charge is -2.11. The number of aromatic nitrogens is 2. The van der Waals surface area contributed by atoms with Crippen molar-refractivity contribution >= 4 is 40.0 Å². The zero-order chi connectivity index (χ0) is 21.8. The molecule has 0 aliphatic rings. The van der Waals surface area contributed by atoms with Crippen LogP contribution in [0.4, 0.5) is 5.69 Å². The summed E-state index contributed by atoms with van der Waals surface area (Å²) in [5, 5.41) is 5.77. The van der Waals surface area contributed by atoms with Crippen molar-refractivity contribution in [3.63, 3.8) is 0 Å². The standard InChI is InChI=1S/C22H18N4O4S/c1-28-16-8-14(9-17(11-16)29-2)20(27)26-22(31)24-15-5-6-19-18(10-15)25-21(30-19)13-4-3-7-23-12-13/h3-12H,1-2H3,(H2,24,26,27,31). The Hall–Kier alpha value is -3.98. The van der Waals surface area contributed by atoms with Crippen molar-refractivity contribution in [3.8, 4) is 23.0 Å². The lowest BCUT2D eigenvalue weighted by Crippen LogP contribution is -2.34. The third kappa shape index (κ3) is 4.62. The van der Waals surface area contributed by atoms with E-state index < -0.39 is 5.91 Å². The summed E-state index contributed by atoms with van der Waals surface area (Å²) < 4.78 is 16.2. The first-order valence-electron chi connectivity index (χ1n) is 9.22. The number of anilines is 1. The Morgan fingerprint density at radius 1 is 1.06 bits per heavy atom. The molecule has 156 valence electrons. The fourth-order valence-corrected chi connectivity index (χ4v) is 3.10. The molecule has 2 aromatic heterocycles. The summed E-state index contributed by atoms with van der Waals surface area (Å²) >= 11 is 5.28. The summed E-state index contributed by atoms with van der Waals surface area (Å²) in [7, 11) is 3.03. The maximum absolute atomic E-state index is 12.6. The normalized spacial score (nSPS) is 10.5. The van der Waals surface area contributed by atoms with E-state index in [2.05, 4.69) is 20.6 Å². The molecule has 0 aliphatic carbocycles. The van der Waals surface area contributed by atoms with Gasteiger partial charge in [-0.1, -0.05) is 0 Å². The third-order valence-corrected chi connectivity index (χ3v) is 4.60. The van der Waals surface area contributed by atoms with Crippen LogP contribution in [0.2, 0.25) is 0 Å². The molecule has 2 heterocycles. The van der Waals surface area contributed by atoms with Gasteiger partial charge < -0.3 is 19.2 Å². The number of carbonyl (C=O) groups is 1. The number of hydrogen-bond acceptors (Lipinski definition) is 7. The first-order chi connectivity index (χ1) is 15.1. The van der Waals surface area contributed by atoms with E-state index in [0.29, 0.717) is 39.7 Å². The number of rotatable bonds is 5. The Morgan fingerprint density at radius 3 is 2.52 bits per heavy atom. The molecule has 0 bridgehead atoms. The highest BCUT2D eigenvalue weighted by Gasteiger charge is 2.13. The van der Waals surface area contributed by atoms with Gasteiger partial charge in [-0.25, -0.2) is 4.98 Å². The summed E-state index contributed by atoms with van der Waals surface area (Å²) in [6, 6.07) is 13.9. The SMILES string of the molecule is COc1cc(OC)cc(C(=O)NC(=S)Nc2ccc3oc(-c4cccnc4)nc3c2)c1. The highest BCUT2D eigenvalue weighted by atomic mass is 32.1. The Labute approximate surface area is 183 Å². The van der Waals surface area contributed by atoms with E-state index >= 15 is 0 Å². The van der Waals surface area contributed by atoms with Gasteiger partial charge in [-0.05, 0) is 54.7 Å². The number of oxazole rings is 1. The molecule has 31 heavy (non-hydrogen) atoms. The van der Waals surface area contributed by atoms with Gasteiger partial charge in [-0.2, -0.15) is 0 Å². The van der Waals surface area contributed by atoms with Crippen LogP contribution in [0, 0.1) is 0 Å². The Bertz CT molecular complexity index is 1230. The first-order valence-corrected chi connectivity index (χ1v) is 9.63. The van der Waals surface area contributed by atoms with E-state index in [1.807, 2.05) is 12.1 Å². The Morgan fingerprint density at radius 2 is 1.84 bits per heavy atom. The number of ether oxygens (including phenoxy) is 2. The first kappa shape index (κ1) is 20.3. The van der Waals surface area contributed by atoms with Crippen LogP contribution in [-0.2, 0) is 0 Å². The Balaban J connectivity index is 1.47. The fourth-order valence-electron chi connectivity index (χ4n) is 2.89. The second-order valence-corrected chi connectivity index (χ2v) is 6.86. The van der Waals surface area contributed by atoms with Crippen LogP contribution in [0.3, 0.4) is 0 Å². The van der Waals surface area contributed by atoms with Crippen LogP contribution in [0.15, 0.2) is 65.3 Å². The van der Waals surface area contributed by atoms with E-state index in [0.717, 1.165) is 5.56 Å². The number of benzene rings is 2. The van der Waals surface area contributed by atoms with Crippen LogP contribution in [0.5, 0.6) is 11.5 Å². The number of thiocarbonyl (C=S) groups is 1. The minimum Gasteiger partial charge on any atom is -0.497 e. The van der Waals surface area contributed by atoms with Crippen molar-refractivity contribution in [2.75, 3.05) is 19.5 Å². The summed E-state index contributed by atoms with van der Waals surface area (Å²) in [5.41, 5.74) is 3.07. The molecule has 4 aromatic rings. The fraction of sp³-hybridized carbons (Fsp3) is 0.0909. The van der Waals surface area contributed by atoms with Crippen molar-refractivity contribution in [1.82, 2.24) is 15.3 Å². The highest BCUT2D eigenvalue weighted by molar-refractivity contribution is 7.80. The van der Waals surface area contributed by atoms with Gasteiger partial charge in [0.2, 0.25) is 5.89 Å². The summed E-state index contributed by atoms with van der Waals surface area (Å²) in [6.45, 7) is 0. The molecule has 2 aromatic carbocycles. The number of carbonyl (C=O) groups excluding carboxylic acids is 1. The largest absolute Gasteiger partial charge is 0.497 e. The van der Waals surface area contributed by atoms with Gasteiger partial charge >= 0.3 is 0 Å². The topological polar surface area (TPSA) is 98.5 Å². The van der Waals surface area contributed by atoms with Gasteiger partial charge in [-0.3, -0.25) is 15.1 Å². The van der Waals surface area contributed by atoms with Crippen molar-refractivity contribution in [1.29, 1.82) is 0 Å². The predicted molar refractivity (Wildman–Crippen MR) is 120 cm³/mol. The number of pyridine rings is 1. The van der Waals surface area contributed by atoms with E-state index in [1.54, 1.807) is 48.8 Å². The lowest BCUT2D eigenvalue weighted by molar-refractivity contribution is 0.0977. The molecule has 0 atom stereocenters. The molecular formula is C22H18N4O4S. The molecule has 0 saturated heterocycles. The maximum atomic E-state index is 12.6. The summed E-state index contributed by atoms with van der Waals surface area (Å²) in [4.78, 5) is 21.1. The monoisotopic (exact) mass is 434 g/mol. The number of amides is 1. The minimum absolute atomic E-state index is 0.141. The number of nitrogens with zero attached hydrogens (tertiary/aromatic N) is 2. The number of hydrogen-bond donors (Lipinski definition) is 2. The van der Waals surface area contributed by atoms with Crippen molar-refractivity contribution in [2.45, 2.75) is 0 Å². The van der Waals surface area contributed by atoms with Crippen molar-refractivity contribution in [2.24, 2.45) is 0 Å². The second-order valence-electron chi connectivity index (χ2n) is 6.45. The van der Waals surface area contributed by atoms with Gasteiger partial charge in [0.15, 0.2) is 10.7 Å². The minimum atomic E-state index is -0.393. The molecule has 8 nitrogen and oxygen atoms in total. The third-order valence-electron chi connectivity index (χ3n) is 4.39. The number of fused-ring (bicyclic) bond motifs is 1. The molecule has 0 fully saturated rings. The van der Waals surface area contributed by atoms with E-state index in [4.69, 9.17) is 26.1 Å². The zero-order valence-electron chi connectivity index (χ0n) is 16.7. The molecule has 0 radical (unpaired) electrons. The highest BCUT2D eigenvalue weighted by Crippen LogP contribution is 2.26. The molecule has 0 saturated carbocycles. The van der Waals surface area contributed by atoms with Gasteiger partial charge in [0.25, 0.3) is 5.91 Å². The summed E-state index contributed by atoms with van der Waals surface area (Å²) in [5.74, 6) is 1.09. The number of methoxy groups -OCH3 is 2. The molecule has 0 spiro atoms. The van der Waals surface area contributed by atoms with Crippen LogP contribution < -0.4 is 20.1 Å². The molecule has 1 amide bonds. The van der Waals surface area contributed by atoms with Crippen LogP contribution in [0.1, 0.15) is 10.4 Å². The van der Waals surface area contributed by atoms with Gasteiger partial charge in [0.1, 0.15) is 17.0 Å². The van der Waals surface area contributed by atoms with Gasteiger partial charge in [0.05, 0.1) is 19.8 Å². The molecule has 0 aliphatic heterocycles. The number of nitrogens with one attached hydrogen (secondary N) is 2. The van der Waals surface area contributed by atoms with Crippen LogP contribution in [-0.4, -0.2) is 35.2 Å². The molecular weight excluding hydrogens is 416 g/mol. The van der Waals surface area contributed by atoms with Gasteiger partial charge in [-0.15, -0.1) is 0 Å². The van der Waals surface area contributed by atoms with Crippen LogP contribution in [0.25, 0.3) is 22.6 Å². The van der Waals surface area contributed by atoms with Crippen molar-refractivity contribution in [3.05, 3.63) is 66.5 Å². The molecule has 0 unspecified atom stereocenters. The molecule has 4 rings (SSSR count). The summed E-state index contributed by atoms with van der Waals surface area (Å²) in [6.07, 6.45) is 3.37. The maximum Gasteiger partial charge on any atom is 0.257 e. The Kier molecular flexibility index (Phi) is 5.76. The molecule has 9 heteroatoms. The van der Waals surface area contributed by atoms with E-state index in [-0.39, 0.29) is 5.11 Å². The smallest absolute Gasteiger partial charge is 0.257 e. The van der Waals surface area contributed by atoms with E-state index in [1.165, 1.54) is 14.2 Å². The predicted octanol–water partition coefficient (Wildman–Crippen LogP) is 4.03. The average Bonchev–Trinajstić information content (AvgIpc) is 3.22. The lowest BCUT2D eigenvalue weighted by atomic mass is 10.2. The second kappa shape index (κ2) is 8.80. The van der Waals surface area contributed by atoms with E-state index in [9.17, 15) is 4.79 Å². The van der Waals surface area contributed by atoms with Crippen LogP contribution >= 0.6 is 12.2 Å². The van der Waals surface area contributed by atoms with Gasteiger partial charge in [0, 0.05) is 29.7 Å². The molecule has 2 N–H and O–H groups in total. The zero-order valence-corrected chi connectivity index (χ0v) is 17.5. The van der Waals surface area contributed by atoms with Crippen molar-refractivity contribution < 1.29 is 18.7 Å². The quantitative estimate of drug-likeness (QED) is 0.454. The average molecular weight is 434 g/mol.